The average Bonchev–Trinajstić information content (AvgIpc) is 3.33. The first-order chi connectivity index (χ1) is 15.4. The predicted octanol–water partition coefficient (Wildman–Crippen LogP) is 5.54. The molecule has 0 spiro atoms. The molecule has 2 aliphatic heterocycles. The number of aromatic carboxylic acids is 1. The van der Waals surface area contributed by atoms with Gasteiger partial charge in [0.05, 0.1) is 11.7 Å². The highest BCUT2D eigenvalue weighted by atomic mass is 16.5. The van der Waals surface area contributed by atoms with Crippen molar-refractivity contribution in [1.82, 2.24) is 9.88 Å². The van der Waals surface area contributed by atoms with Gasteiger partial charge in [-0.3, -0.25) is 4.90 Å². The zero-order valence-corrected chi connectivity index (χ0v) is 19.1. The minimum atomic E-state index is -0.879. The number of H-pyrrole nitrogens is 1. The van der Waals surface area contributed by atoms with E-state index in [9.17, 15) is 9.90 Å². The molecule has 5 nitrogen and oxygen atoms in total. The summed E-state index contributed by atoms with van der Waals surface area (Å²) in [5, 5.41) is 10.7. The SMILES string of the molecule is CCO[C@H]1C[C@@H]2CCC(c3ccc(C(=O)O)cc3)(C1)N2Cc1c(C)cc(C)c2[nH]ccc12. The Morgan fingerprint density at radius 1 is 1.22 bits per heavy atom. The number of carboxylic acids is 1. The molecule has 168 valence electrons. The van der Waals surface area contributed by atoms with Crippen LogP contribution in [0.25, 0.3) is 10.9 Å². The highest BCUT2D eigenvalue weighted by molar-refractivity contribution is 5.88. The third kappa shape index (κ3) is 3.35. The fourth-order valence-electron chi connectivity index (χ4n) is 6.30. The van der Waals surface area contributed by atoms with Crippen LogP contribution in [0.15, 0.2) is 42.6 Å². The molecule has 2 fully saturated rings. The lowest BCUT2D eigenvalue weighted by Gasteiger charge is -2.48. The third-order valence-corrected chi connectivity index (χ3v) is 7.76. The Labute approximate surface area is 189 Å². The van der Waals surface area contributed by atoms with Gasteiger partial charge >= 0.3 is 5.97 Å². The van der Waals surface area contributed by atoms with Crippen molar-refractivity contribution in [2.75, 3.05) is 6.61 Å². The van der Waals surface area contributed by atoms with E-state index in [2.05, 4.69) is 42.8 Å². The van der Waals surface area contributed by atoms with Crippen molar-refractivity contribution >= 4 is 16.9 Å². The number of rotatable bonds is 6. The molecule has 0 aliphatic carbocycles. The van der Waals surface area contributed by atoms with Crippen LogP contribution in [0.2, 0.25) is 0 Å². The zero-order chi connectivity index (χ0) is 22.5. The molecule has 5 rings (SSSR count). The van der Waals surface area contributed by atoms with E-state index in [-0.39, 0.29) is 11.6 Å². The lowest BCUT2D eigenvalue weighted by molar-refractivity contribution is -0.0591. The van der Waals surface area contributed by atoms with Gasteiger partial charge in [0, 0.05) is 41.8 Å². The van der Waals surface area contributed by atoms with Gasteiger partial charge in [0.25, 0.3) is 0 Å². The number of nitrogens with zero attached hydrogens (tertiary/aromatic N) is 1. The first-order valence-electron chi connectivity index (χ1n) is 11.7. The molecular weight excluding hydrogens is 400 g/mol. The summed E-state index contributed by atoms with van der Waals surface area (Å²) in [6, 6.07) is 12.5. The van der Waals surface area contributed by atoms with E-state index in [4.69, 9.17) is 4.74 Å². The van der Waals surface area contributed by atoms with Gasteiger partial charge < -0.3 is 14.8 Å². The lowest BCUT2D eigenvalue weighted by Crippen LogP contribution is -2.52. The van der Waals surface area contributed by atoms with Gasteiger partial charge in [0.2, 0.25) is 0 Å². The number of hydrogen-bond acceptors (Lipinski definition) is 3. The van der Waals surface area contributed by atoms with E-state index in [0.29, 0.717) is 11.6 Å². The molecule has 0 amide bonds. The second-order valence-electron chi connectivity index (χ2n) is 9.51. The first kappa shape index (κ1) is 21.2. The van der Waals surface area contributed by atoms with E-state index in [1.54, 1.807) is 12.1 Å². The average molecular weight is 433 g/mol. The first-order valence-corrected chi connectivity index (χ1v) is 11.7. The smallest absolute Gasteiger partial charge is 0.335 e. The Bertz CT molecular complexity index is 1150. The van der Waals surface area contributed by atoms with E-state index < -0.39 is 5.97 Å². The summed E-state index contributed by atoms with van der Waals surface area (Å²) in [6.45, 7) is 8.08. The van der Waals surface area contributed by atoms with Gasteiger partial charge in [-0.2, -0.15) is 0 Å². The van der Waals surface area contributed by atoms with Crippen LogP contribution in [0.3, 0.4) is 0 Å². The van der Waals surface area contributed by atoms with Gasteiger partial charge in [0.15, 0.2) is 0 Å². The summed E-state index contributed by atoms with van der Waals surface area (Å²) < 4.78 is 6.14. The molecular formula is C27H32N2O3. The van der Waals surface area contributed by atoms with Crippen LogP contribution < -0.4 is 0 Å². The number of aryl methyl sites for hydroxylation is 2. The molecule has 2 aliphatic rings. The number of carbonyl (C=O) groups is 1. The molecule has 3 atom stereocenters. The van der Waals surface area contributed by atoms with Gasteiger partial charge in [-0.25, -0.2) is 4.79 Å². The maximum Gasteiger partial charge on any atom is 0.335 e. The van der Waals surface area contributed by atoms with Crippen molar-refractivity contribution in [3.8, 4) is 0 Å². The monoisotopic (exact) mass is 432 g/mol. The van der Waals surface area contributed by atoms with Crippen LogP contribution in [0, 0.1) is 13.8 Å². The van der Waals surface area contributed by atoms with Crippen molar-refractivity contribution in [3.05, 3.63) is 70.4 Å². The molecule has 1 aromatic heterocycles. The van der Waals surface area contributed by atoms with Crippen LogP contribution in [0.5, 0.6) is 0 Å². The Morgan fingerprint density at radius 2 is 2.00 bits per heavy atom. The fourth-order valence-corrected chi connectivity index (χ4v) is 6.30. The molecule has 0 saturated carbocycles. The Kier molecular flexibility index (Phi) is 5.34. The molecule has 3 heterocycles. The zero-order valence-electron chi connectivity index (χ0n) is 19.1. The number of nitrogens with one attached hydrogen (secondary N) is 1. The Hall–Kier alpha value is -2.63. The summed E-state index contributed by atoms with van der Waals surface area (Å²) in [7, 11) is 0. The summed E-state index contributed by atoms with van der Waals surface area (Å²) in [5.41, 5.74) is 6.65. The second-order valence-corrected chi connectivity index (χ2v) is 9.51. The maximum atomic E-state index is 11.4. The number of aromatic amines is 1. The third-order valence-electron chi connectivity index (χ3n) is 7.76. The maximum absolute atomic E-state index is 11.4. The fraction of sp³-hybridized carbons (Fsp3) is 0.444. The minimum absolute atomic E-state index is 0.125. The highest BCUT2D eigenvalue weighted by Gasteiger charge is 2.52. The van der Waals surface area contributed by atoms with E-state index in [0.717, 1.165) is 38.8 Å². The normalized spacial score (nSPS) is 25.5. The van der Waals surface area contributed by atoms with Crippen molar-refractivity contribution in [2.45, 2.75) is 70.7 Å². The van der Waals surface area contributed by atoms with Crippen LogP contribution in [0.1, 0.15) is 65.2 Å². The van der Waals surface area contributed by atoms with Crippen LogP contribution >= 0.6 is 0 Å². The quantitative estimate of drug-likeness (QED) is 0.537. The molecule has 2 aromatic carbocycles. The summed E-state index contributed by atoms with van der Waals surface area (Å²) in [4.78, 5) is 17.5. The number of aromatic nitrogens is 1. The largest absolute Gasteiger partial charge is 0.478 e. The molecule has 0 radical (unpaired) electrons. The molecule has 2 bridgehead atoms. The highest BCUT2D eigenvalue weighted by Crippen LogP contribution is 2.52. The van der Waals surface area contributed by atoms with Crippen LogP contribution in [0.4, 0.5) is 0 Å². The van der Waals surface area contributed by atoms with Gasteiger partial charge in [-0.05, 0) is 86.9 Å². The van der Waals surface area contributed by atoms with Crippen molar-refractivity contribution < 1.29 is 14.6 Å². The second kappa shape index (κ2) is 8.05. The van der Waals surface area contributed by atoms with Gasteiger partial charge in [-0.15, -0.1) is 0 Å². The lowest BCUT2D eigenvalue weighted by atomic mass is 9.79. The van der Waals surface area contributed by atoms with Crippen LogP contribution in [-0.4, -0.2) is 39.7 Å². The summed E-state index contributed by atoms with van der Waals surface area (Å²) in [6.07, 6.45) is 6.51. The van der Waals surface area contributed by atoms with Crippen molar-refractivity contribution in [1.29, 1.82) is 0 Å². The van der Waals surface area contributed by atoms with Crippen molar-refractivity contribution in [3.63, 3.8) is 0 Å². The number of piperidine rings is 1. The van der Waals surface area contributed by atoms with E-state index in [1.807, 2.05) is 18.3 Å². The van der Waals surface area contributed by atoms with Gasteiger partial charge in [0.1, 0.15) is 0 Å². The van der Waals surface area contributed by atoms with Gasteiger partial charge in [-0.1, -0.05) is 18.2 Å². The number of carboxylic acid groups (broad SMARTS) is 1. The number of fused-ring (bicyclic) bond motifs is 3. The molecule has 32 heavy (non-hydrogen) atoms. The molecule has 1 unspecified atom stereocenters. The predicted molar refractivity (Wildman–Crippen MR) is 126 cm³/mol. The molecule has 2 N–H and O–H groups in total. The topological polar surface area (TPSA) is 65.6 Å². The Balaban J connectivity index is 1.58. The van der Waals surface area contributed by atoms with Crippen LogP contribution in [-0.2, 0) is 16.8 Å². The standard InChI is InChI=1S/C27H32N2O3/c1-4-32-22-14-21-9-11-27(15-22,20-7-5-19(6-8-20)26(30)31)29(21)16-24-17(2)13-18(3)25-23(24)10-12-28-25/h5-8,10,12-13,21-22,28H,4,9,11,14-16H2,1-3H3,(H,30,31)/t21-,22-,27?/m0/s1. The molecule has 3 aromatic rings. The summed E-state index contributed by atoms with van der Waals surface area (Å²) in [5.74, 6) is -0.879. The van der Waals surface area contributed by atoms with Crippen molar-refractivity contribution in [2.24, 2.45) is 0 Å². The molecule has 5 heteroatoms. The number of hydrogen-bond donors (Lipinski definition) is 2. The molecule has 2 saturated heterocycles. The number of ether oxygens (including phenoxy) is 1. The van der Waals surface area contributed by atoms with E-state index in [1.165, 1.54) is 33.2 Å². The van der Waals surface area contributed by atoms with E-state index >= 15 is 0 Å². The number of benzene rings is 2. The Morgan fingerprint density at radius 3 is 2.72 bits per heavy atom. The summed E-state index contributed by atoms with van der Waals surface area (Å²) >= 11 is 0. The minimum Gasteiger partial charge on any atom is -0.478 e.